The van der Waals surface area contributed by atoms with E-state index in [1.165, 1.54) is 6.26 Å². The fourth-order valence-corrected chi connectivity index (χ4v) is 0.963. The van der Waals surface area contributed by atoms with Crippen molar-refractivity contribution in [2.45, 2.75) is 26.4 Å². The van der Waals surface area contributed by atoms with E-state index in [1.54, 1.807) is 12.1 Å². The van der Waals surface area contributed by atoms with E-state index in [1.807, 2.05) is 13.8 Å². The number of aliphatic hydroxyl groups is 1. The monoisotopic (exact) mass is 182 g/mol. The summed E-state index contributed by atoms with van der Waals surface area (Å²) >= 11 is 0. The molecule has 3 nitrogen and oxygen atoms in total. The lowest BCUT2D eigenvalue weighted by atomic mass is 10.0. The van der Waals surface area contributed by atoms with Crippen LogP contribution in [0.5, 0.6) is 0 Å². The van der Waals surface area contributed by atoms with Crippen molar-refractivity contribution in [2.24, 2.45) is 5.92 Å². The number of hydrogen-bond donors (Lipinski definition) is 1. The van der Waals surface area contributed by atoms with Gasteiger partial charge in [0.25, 0.3) is 0 Å². The summed E-state index contributed by atoms with van der Waals surface area (Å²) in [6.07, 6.45) is 0.998. The molecule has 3 heteroatoms. The molecule has 0 spiro atoms. The van der Waals surface area contributed by atoms with Crippen LogP contribution in [-0.2, 0) is 0 Å². The zero-order valence-corrected chi connectivity index (χ0v) is 7.86. The molecule has 1 atom stereocenters. The third-order valence-electron chi connectivity index (χ3n) is 1.96. The number of Topliss-reactive ketones (excluding diaryl/α,β-unsaturated/α-hetero) is 1. The summed E-state index contributed by atoms with van der Waals surface area (Å²) in [6, 6.07) is 3.27. The first kappa shape index (κ1) is 9.99. The van der Waals surface area contributed by atoms with E-state index < -0.39 is 6.10 Å². The van der Waals surface area contributed by atoms with Crippen LogP contribution in [0.3, 0.4) is 0 Å². The second-order valence-electron chi connectivity index (χ2n) is 3.42. The van der Waals surface area contributed by atoms with Crippen molar-refractivity contribution >= 4 is 5.78 Å². The number of furan rings is 1. The van der Waals surface area contributed by atoms with Gasteiger partial charge in [-0.3, -0.25) is 4.79 Å². The minimum absolute atomic E-state index is 0.0962. The molecule has 1 heterocycles. The predicted molar refractivity (Wildman–Crippen MR) is 48.5 cm³/mol. The molecule has 0 bridgehead atoms. The van der Waals surface area contributed by atoms with Gasteiger partial charge in [0.1, 0.15) is 0 Å². The topological polar surface area (TPSA) is 50.4 Å². The van der Waals surface area contributed by atoms with Crippen LogP contribution in [0.4, 0.5) is 0 Å². The summed E-state index contributed by atoms with van der Waals surface area (Å²) in [6.45, 7) is 3.75. The maximum atomic E-state index is 11.4. The molecule has 0 aliphatic carbocycles. The standard InChI is InChI=1S/C10H14O3/c1-7(2)8(11)6-9(12)10-4-3-5-13-10/h3-5,7-8,11H,6H2,1-2H3/t8-/m1/s1. The molecule has 0 aliphatic heterocycles. The summed E-state index contributed by atoms with van der Waals surface area (Å²) in [4.78, 5) is 11.4. The Hall–Kier alpha value is -1.09. The molecule has 0 saturated heterocycles. The second kappa shape index (κ2) is 4.23. The van der Waals surface area contributed by atoms with Crippen LogP contribution in [0.25, 0.3) is 0 Å². The summed E-state index contributed by atoms with van der Waals surface area (Å²) in [7, 11) is 0. The van der Waals surface area contributed by atoms with Crippen LogP contribution in [0.1, 0.15) is 30.8 Å². The minimum atomic E-state index is -0.586. The molecule has 0 saturated carbocycles. The van der Waals surface area contributed by atoms with Crippen molar-refractivity contribution < 1.29 is 14.3 Å². The lowest BCUT2D eigenvalue weighted by Gasteiger charge is -2.11. The summed E-state index contributed by atoms with van der Waals surface area (Å²) < 4.78 is 4.92. The quantitative estimate of drug-likeness (QED) is 0.723. The summed E-state index contributed by atoms with van der Waals surface area (Å²) in [5.74, 6) is 0.268. The third kappa shape index (κ3) is 2.70. The van der Waals surface area contributed by atoms with Gasteiger partial charge in [-0.1, -0.05) is 13.8 Å². The molecule has 72 valence electrons. The number of ketones is 1. The van der Waals surface area contributed by atoms with E-state index in [0.717, 1.165) is 0 Å². The fraction of sp³-hybridized carbons (Fsp3) is 0.500. The van der Waals surface area contributed by atoms with Crippen molar-refractivity contribution in [1.82, 2.24) is 0 Å². The molecule has 0 radical (unpaired) electrons. The molecule has 0 aromatic carbocycles. The summed E-state index contributed by atoms with van der Waals surface area (Å²) in [5, 5.41) is 9.43. The zero-order valence-electron chi connectivity index (χ0n) is 7.86. The van der Waals surface area contributed by atoms with Crippen molar-refractivity contribution in [3.8, 4) is 0 Å². The Morgan fingerprint density at radius 3 is 2.77 bits per heavy atom. The van der Waals surface area contributed by atoms with Crippen molar-refractivity contribution in [3.05, 3.63) is 24.2 Å². The minimum Gasteiger partial charge on any atom is -0.461 e. The Bertz CT molecular complexity index is 262. The third-order valence-corrected chi connectivity index (χ3v) is 1.96. The van der Waals surface area contributed by atoms with Crippen LogP contribution in [0, 0.1) is 5.92 Å². The normalized spacial score (nSPS) is 13.2. The number of hydrogen-bond acceptors (Lipinski definition) is 3. The highest BCUT2D eigenvalue weighted by molar-refractivity contribution is 5.93. The molecule has 0 fully saturated rings. The van der Waals surface area contributed by atoms with Gasteiger partial charge >= 0.3 is 0 Å². The van der Waals surface area contributed by atoms with Gasteiger partial charge in [-0.2, -0.15) is 0 Å². The Morgan fingerprint density at radius 1 is 1.62 bits per heavy atom. The number of aliphatic hydroxyl groups excluding tert-OH is 1. The van der Waals surface area contributed by atoms with Gasteiger partial charge in [0, 0.05) is 6.42 Å². The van der Waals surface area contributed by atoms with Gasteiger partial charge in [-0.25, -0.2) is 0 Å². The SMILES string of the molecule is CC(C)[C@H](O)CC(=O)c1ccco1. The van der Waals surface area contributed by atoms with E-state index in [0.29, 0.717) is 5.76 Å². The van der Waals surface area contributed by atoms with Crippen molar-refractivity contribution in [3.63, 3.8) is 0 Å². The van der Waals surface area contributed by atoms with Gasteiger partial charge in [-0.05, 0) is 18.1 Å². The Balaban J connectivity index is 2.52. The zero-order chi connectivity index (χ0) is 9.84. The molecular formula is C10H14O3. The van der Waals surface area contributed by atoms with E-state index in [-0.39, 0.29) is 18.1 Å². The molecule has 0 unspecified atom stereocenters. The lowest BCUT2D eigenvalue weighted by molar-refractivity contribution is 0.0766. The smallest absolute Gasteiger partial charge is 0.200 e. The van der Waals surface area contributed by atoms with E-state index in [2.05, 4.69) is 0 Å². The first-order valence-corrected chi connectivity index (χ1v) is 4.36. The molecule has 1 N–H and O–H groups in total. The van der Waals surface area contributed by atoms with E-state index >= 15 is 0 Å². The number of carbonyl (C=O) groups excluding carboxylic acids is 1. The highest BCUT2D eigenvalue weighted by Crippen LogP contribution is 2.11. The van der Waals surface area contributed by atoms with E-state index in [9.17, 15) is 9.90 Å². The Labute approximate surface area is 77.4 Å². The van der Waals surface area contributed by atoms with Gasteiger partial charge in [0.15, 0.2) is 5.76 Å². The van der Waals surface area contributed by atoms with Gasteiger partial charge in [0.05, 0.1) is 12.4 Å². The van der Waals surface area contributed by atoms with Crippen LogP contribution in [0.2, 0.25) is 0 Å². The highest BCUT2D eigenvalue weighted by Gasteiger charge is 2.17. The van der Waals surface area contributed by atoms with Crippen LogP contribution >= 0.6 is 0 Å². The maximum Gasteiger partial charge on any atom is 0.200 e. The molecule has 1 aromatic heterocycles. The van der Waals surface area contributed by atoms with Gasteiger partial charge < -0.3 is 9.52 Å². The van der Waals surface area contributed by atoms with Crippen LogP contribution < -0.4 is 0 Å². The Kier molecular flexibility index (Phi) is 3.25. The first-order chi connectivity index (χ1) is 6.11. The molecular weight excluding hydrogens is 168 g/mol. The molecule has 1 aromatic rings. The van der Waals surface area contributed by atoms with Crippen LogP contribution in [-0.4, -0.2) is 17.0 Å². The molecule has 0 amide bonds. The maximum absolute atomic E-state index is 11.4. The highest BCUT2D eigenvalue weighted by atomic mass is 16.3. The number of carbonyl (C=O) groups is 1. The molecule has 0 aliphatic rings. The van der Waals surface area contributed by atoms with Crippen LogP contribution in [0.15, 0.2) is 22.8 Å². The average molecular weight is 182 g/mol. The van der Waals surface area contributed by atoms with Crippen molar-refractivity contribution in [1.29, 1.82) is 0 Å². The number of rotatable bonds is 4. The largest absolute Gasteiger partial charge is 0.461 e. The second-order valence-corrected chi connectivity index (χ2v) is 3.42. The molecule has 1 rings (SSSR count). The first-order valence-electron chi connectivity index (χ1n) is 4.36. The fourth-order valence-electron chi connectivity index (χ4n) is 0.963. The molecule has 13 heavy (non-hydrogen) atoms. The lowest BCUT2D eigenvalue weighted by Crippen LogP contribution is -2.19. The predicted octanol–water partition coefficient (Wildman–Crippen LogP) is 1.87. The average Bonchev–Trinajstić information content (AvgIpc) is 2.55. The Morgan fingerprint density at radius 2 is 2.31 bits per heavy atom. The van der Waals surface area contributed by atoms with E-state index in [4.69, 9.17) is 4.42 Å². The summed E-state index contributed by atoms with van der Waals surface area (Å²) in [5.41, 5.74) is 0. The van der Waals surface area contributed by atoms with Gasteiger partial charge in [-0.15, -0.1) is 0 Å². The van der Waals surface area contributed by atoms with Crippen molar-refractivity contribution in [2.75, 3.05) is 0 Å². The van der Waals surface area contributed by atoms with Gasteiger partial charge in [0.2, 0.25) is 5.78 Å².